The lowest BCUT2D eigenvalue weighted by molar-refractivity contribution is -0.153. The van der Waals surface area contributed by atoms with Gasteiger partial charge in [0.1, 0.15) is 6.04 Å². The van der Waals surface area contributed by atoms with E-state index in [0.29, 0.717) is 26.4 Å². The van der Waals surface area contributed by atoms with Crippen molar-refractivity contribution in [2.24, 2.45) is 5.92 Å². The lowest BCUT2D eigenvalue weighted by Crippen LogP contribution is -2.49. The summed E-state index contributed by atoms with van der Waals surface area (Å²) >= 11 is 0. The van der Waals surface area contributed by atoms with Crippen LogP contribution < -0.4 is 5.32 Å². The molecule has 0 amide bonds. The number of carbonyl (C=O) groups excluding carboxylic acids is 1. The highest BCUT2D eigenvalue weighted by Gasteiger charge is 2.32. The fraction of sp³-hybridized carbons (Fsp3) is 0.929. The molecule has 5 heteroatoms. The molecule has 5 nitrogen and oxygen atoms in total. The molecule has 1 fully saturated rings. The zero-order valence-electron chi connectivity index (χ0n) is 12.3. The Morgan fingerprint density at radius 1 is 1.32 bits per heavy atom. The third-order valence-corrected chi connectivity index (χ3v) is 3.10. The van der Waals surface area contributed by atoms with Crippen molar-refractivity contribution in [2.45, 2.75) is 45.8 Å². The number of piperidine rings is 1. The van der Waals surface area contributed by atoms with Gasteiger partial charge in [-0.3, -0.25) is 4.79 Å². The number of hydrogen-bond donors (Lipinski definition) is 1. The van der Waals surface area contributed by atoms with E-state index in [-0.39, 0.29) is 24.0 Å². The zero-order valence-corrected chi connectivity index (χ0v) is 12.3. The number of ether oxygens (including phenoxy) is 3. The number of esters is 1. The first-order valence-corrected chi connectivity index (χ1v) is 7.24. The van der Waals surface area contributed by atoms with Crippen molar-refractivity contribution in [3.8, 4) is 0 Å². The predicted molar refractivity (Wildman–Crippen MR) is 73.1 cm³/mol. The molecule has 1 aliphatic heterocycles. The fourth-order valence-electron chi connectivity index (χ4n) is 2.21. The quantitative estimate of drug-likeness (QED) is 0.534. The molecule has 0 radical (unpaired) electrons. The van der Waals surface area contributed by atoms with Crippen molar-refractivity contribution in [3.63, 3.8) is 0 Å². The van der Waals surface area contributed by atoms with Gasteiger partial charge in [0.2, 0.25) is 0 Å². The van der Waals surface area contributed by atoms with E-state index in [1.807, 2.05) is 20.8 Å². The molecule has 1 rings (SSSR count). The maximum absolute atomic E-state index is 12.0. The molecule has 0 bridgehead atoms. The van der Waals surface area contributed by atoms with Gasteiger partial charge in [-0.25, -0.2) is 0 Å². The second kappa shape index (κ2) is 9.28. The minimum Gasteiger partial charge on any atom is -0.462 e. The Labute approximate surface area is 116 Å². The van der Waals surface area contributed by atoms with Crippen molar-refractivity contribution >= 4 is 5.97 Å². The SMILES string of the molecule is CCOCCOCC1CCCNC1C(=O)OC(C)C. The molecule has 2 unspecified atom stereocenters. The Bertz CT molecular complexity index is 258. The third-order valence-electron chi connectivity index (χ3n) is 3.10. The summed E-state index contributed by atoms with van der Waals surface area (Å²) in [5.41, 5.74) is 0. The highest BCUT2D eigenvalue weighted by atomic mass is 16.5. The third kappa shape index (κ3) is 6.36. The van der Waals surface area contributed by atoms with Gasteiger partial charge in [0.05, 0.1) is 25.9 Å². The van der Waals surface area contributed by atoms with Crippen LogP contribution in [-0.4, -0.2) is 51.1 Å². The average Bonchev–Trinajstić information content (AvgIpc) is 2.38. The first kappa shape index (κ1) is 16.4. The van der Waals surface area contributed by atoms with Crippen molar-refractivity contribution < 1.29 is 19.0 Å². The van der Waals surface area contributed by atoms with Gasteiger partial charge in [0, 0.05) is 12.5 Å². The molecule has 19 heavy (non-hydrogen) atoms. The van der Waals surface area contributed by atoms with Crippen molar-refractivity contribution in [1.82, 2.24) is 5.32 Å². The maximum Gasteiger partial charge on any atom is 0.323 e. The molecule has 0 spiro atoms. The standard InChI is InChI=1S/C14H27NO4/c1-4-17-8-9-18-10-12-6-5-7-15-13(12)14(16)19-11(2)3/h11-13,15H,4-10H2,1-3H3. The van der Waals surface area contributed by atoms with E-state index in [4.69, 9.17) is 14.2 Å². The molecule has 0 aromatic carbocycles. The highest BCUT2D eigenvalue weighted by molar-refractivity contribution is 5.76. The smallest absolute Gasteiger partial charge is 0.323 e. The van der Waals surface area contributed by atoms with Gasteiger partial charge in [-0.15, -0.1) is 0 Å². The molecule has 1 aliphatic rings. The Morgan fingerprint density at radius 3 is 2.74 bits per heavy atom. The fourth-order valence-corrected chi connectivity index (χ4v) is 2.21. The van der Waals surface area contributed by atoms with Crippen molar-refractivity contribution in [3.05, 3.63) is 0 Å². The van der Waals surface area contributed by atoms with Crippen LogP contribution in [0.25, 0.3) is 0 Å². The van der Waals surface area contributed by atoms with Crippen LogP contribution in [-0.2, 0) is 19.0 Å². The summed E-state index contributed by atoms with van der Waals surface area (Å²) in [6.45, 7) is 9.04. The topological polar surface area (TPSA) is 56.8 Å². The summed E-state index contributed by atoms with van der Waals surface area (Å²) in [5.74, 6) is 0.0368. The monoisotopic (exact) mass is 273 g/mol. The van der Waals surface area contributed by atoms with Crippen LogP contribution in [0.5, 0.6) is 0 Å². The Kier molecular flexibility index (Phi) is 8.02. The van der Waals surface area contributed by atoms with Crippen LogP contribution in [0.4, 0.5) is 0 Å². The molecule has 1 saturated heterocycles. The Hall–Kier alpha value is -0.650. The van der Waals surface area contributed by atoms with Crippen molar-refractivity contribution in [2.75, 3.05) is 33.0 Å². The van der Waals surface area contributed by atoms with Gasteiger partial charge < -0.3 is 19.5 Å². The molecule has 0 aromatic rings. The molecule has 0 aliphatic carbocycles. The van der Waals surface area contributed by atoms with Crippen LogP contribution in [0.1, 0.15) is 33.6 Å². The Balaban J connectivity index is 2.33. The van der Waals surface area contributed by atoms with E-state index in [9.17, 15) is 4.79 Å². The van der Waals surface area contributed by atoms with Crippen molar-refractivity contribution in [1.29, 1.82) is 0 Å². The van der Waals surface area contributed by atoms with Crippen LogP contribution in [0.3, 0.4) is 0 Å². The average molecular weight is 273 g/mol. The van der Waals surface area contributed by atoms with Gasteiger partial charge >= 0.3 is 5.97 Å². The molecule has 2 atom stereocenters. The first-order chi connectivity index (χ1) is 9.15. The summed E-state index contributed by atoms with van der Waals surface area (Å²) in [4.78, 5) is 12.0. The minimum absolute atomic E-state index is 0.0734. The molecular formula is C14H27NO4. The maximum atomic E-state index is 12.0. The second-order valence-corrected chi connectivity index (χ2v) is 5.09. The van der Waals surface area contributed by atoms with E-state index in [1.165, 1.54) is 0 Å². The van der Waals surface area contributed by atoms with Gasteiger partial charge in [0.25, 0.3) is 0 Å². The van der Waals surface area contributed by atoms with Gasteiger partial charge in [0.15, 0.2) is 0 Å². The van der Waals surface area contributed by atoms with Crippen LogP contribution in [0.15, 0.2) is 0 Å². The van der Waals surface area contributed by atoms with Gasteiger partial charge in [-0.1, -0.05) is 0 Å². The number of carbonyl (C=O) groups is 1. The summed E-state index contributed by atoms with van der Waals surface area (Å²) in [7, 11) is 0. The Morgan fingerprint density at radius 2 is 2.05 bits per heavy atom. The van der Waals surface area contributed by atoms with Crippen LogP contribution >= 0.6 is 0 Å². The lowest BCUT2D eigenvalue weighted by atomic mass is 9.91. The summed E-state index contributed by atoms with van der Waals surface area (Å²) in [6, 6.07) is -0.233. The van der Waals surface area contributed by atoms with Crippen LogP contribution in [0.2, 0.25) is 0 Å². The lowest BCUT2D eigenvalue weighted by Gasteiger charge is -2.31. The van der Waals surface area contributed by atoms with E-state index >= 15 is 0 Å². The molecular weight excluding hydrogens is 246 g/mol. The second-order valence-electron chi connectivity index (χ2n) is 5.09. The van der Waals surface area contributed by atoms with E-state index in [1.54, 1.807) is 0 Å². The van der Waals surface area contributed by atoms with Gasteiger partial charge in [-0.05, 0) is 40.2 Å². The summed E-state index contributed by atoms with van der Waals surface area (Å²) in [6.07, 6.45) is 2.00. The molecule has 112 valence electrons. The largest absolute Gasteiger partial charge is 0.462 e. The van der Waals surface area contributed by atoms with E-state index in [0.717, 1.165) is 19.4 Å². The molecule has 1 N–H and O–H groups in total. The minimum atomic E-state index is -0.233. The van der Waals surface area contributed by atoms with Gasteiger partial charge in [-0.2, -0.15) is 0 Å². The normalized spacial score (nSPS) is 23.6. The summed E-state index contributed by atoms with van der Waals surface area (Å²) < 4.78 is 16.1. The van der Waals surface area contributed by atoms with E-state index in [2.05, 4.69) is 5.32 Å². The summed E-state index contributed by atoms with van der Waals surface area (Å²) in [5, 5.41) is 3.24. The number of nitrogens with one attached hydrogen (secondary N) is 1. The first-order valence-electron chi connectivity index (χ1n) is 7.24. The number of rotatable bonds is 8. The highest BCUT2D eigenvalue weighted by Crippen LogP contribution is 2.18. The predicted octanol–water partition coefficient (Wildman–Crippen LogP) is 1.36. The van der Waals surface area contributed by atoms with Crippen LogP contribution in [0, 0.1) is 5.92 Å². The molecule has 0 aromatic heterocycles. The number of hydrogen-bond acceptors (Lipinski definition) is 5. The van der Waals surface area contributed by atoms with E-state index < -0.39 is 0 Å². The molecule has 1 heterocycles. The zero-order chi connectivity index (χ0) is 14.1. The molecule has 0 saturated carbocycles.